The van der Waals surface area contributed by atoms with Crippen LogP contribution in [0.5, 0.6) is 0 Å². The number of hydrogen-bond acceptors (Lipinski definition) is 4. The van der Waals surface area contributed by atoms with Gasteiger partial charge in [-0.25, -0.2) is 9.59 Å². The van der Waals surface area contributed by atoms with E-state index in [1.165, 1.54) is 0 Å². The van der Waals surface area contributed by atoms with Crippen LogP contribution in [0.1, 0.15) is 40.5 Å². The number of carbonyl (C=O) groups is 2. The highest BCUT2D eigenvalue weighted by atomic mass is 16.6. The van der Waals surface area contributed by atoms with Gasteiger partial charge in [-0.05, 0) is 12.8 Å². The van der Waals surface area contributed by atoms with Gasteiger partial charge in [-0.2, -0.15) is 0 Å². The molecular formula is C12H20O4. The predicted octanol–water partition coefficient (Wildman–Crippen LogP) is 1.92. The molecule has 0 spiro atoms. The first-order valence-corrected chi connectivity index (χ1v) is 5.92. The lowest BCUT2D eigenvalue weighted by Gasteiger charge is -2.32. The summed E-state index contributed by atoms with van der Waals surface area (Å²) in [7, 11) is 0. The molecule has 1 heterocycles. The van der Waals surface area contributed by atoms with Gasteiger partial charge in [0.05, 0.1) is 0 Å². The molecule has 16 heavy (non-hydrogen) atoms. The molecule has 4 nitrogen and oxygen atoms in total. The zero-order valence-electron chi connectivity index (χ0n) is 10.4. The SMILES string of the molecule is CCC(C)C1OC(=O)C(C(C)CC)OC1=O. The normalized spacial score (nSPS) is 29.2. The second kappa shape index (κ2) is 5.32. The quantitative estimate of drug-likeness (QED) is 0.690. The van der Waals surface area contributed by atoms with Crippen molar-refractivity contribution in [3.8, 4) is 0 Å². The van der Waals surface area contributed by atoms with Gasteiger partial charge in [-0.15, -0.1) is 0 Å². The van der Waals surface area contributed by atoms with Crippen molar-refractivity contribution in [2.24, 2.45) is 11.8 Å². The summed E-state index contributed by atoms with van der Waals surface area (Å²) in [6, 6.07) is 0. The molecule has 0 bridgehead atoms. The van der Waals surface area contributed by atoms with Crippen molar-refractivity contribution in [3.63, 3.8) is 0 Å². The molecule has 0 aliphatic carbocycles. The maximum absolute atomic E-state index is 11.7. The molecular weight excluding hydrogens is 208 g/mol. The lowest BCUT2D eigenvalue weighted by Crippen LogP contribution is -2.48. The lowest BCUT2D eigenvalue weighted by molar-refractivity contribution is -0.202. The van der Waals surface area contributed by atoms with Crippen molar-refractivity contribution in [2.45, 2.75) is 52.7 Å². The monoisotopic (exact) mass is 228 g/mol. The Bertz CT molecular complexity index is 246. The summed E-state index contributed by atoms with van der Waals surface area (Å²) in [6.45, 7) is 7.66. The summed E-state index contributed by atoms with van der Waals surface area (Å²) in [4.78, 5) is 23.3. The standard InChI is InChI=1S/C12H20O4/c1-5-7(3)9-11(13)16-10(8(4)6-2)12(14)15-9/h7-10H,5-6H2,1-4H3. The zero-order chi connectivity index (χ0) is 12.3. The molecule has 0 N–H and O–H groups in total. The van der Waals surface area contributed by atoms with Gasteiger partial charge in [-0.1, -0.05) is 27.7 Å². The number of ether oxygens (including phenoxy) is 2. The van der Waals surface area contributed by atoms with E-state index in [2.05, 4.69) is 0 Å². The Hall–Kier alpha value is -1.06. The number of rotatable bonds is 4. The fourth-order valence-electron chi connectivity index (χ4n) is 1.61. The van der Waals surface area contributed by atoms with Gasteiger partial charge in [0.15, 0.2) is 0 Å². The smallest absolute Gasteiger partial charge is 0.348 e. The molecule has 1 aliphatic rings. The van der Waals surface area contributed by atoms with E-state index >= 15 is 0 Å². The third-order valence-corrected chi connectivity index (χ3v) is 3.27. The molecule has 0 aromatic carbocycles. The van der Waals surface area contributed by atoms with Crippen LogP contribution in [0.2, 0.25) is 0 Å². The van der Waals surface area contributed by atoms with Gasteiger partial charge >= 0.3 is 11.9 Å². The van der Waals surface area contributed by atoms with Crippen LogP contribution < -0.4 is 0 Å². The van der Waals surface area contributed by atoms with Crippen LogP contribution in [0, 0.1) is 11.8 Å². The van der Waals surface area contributed by atoms with Gasteiger partial charge in [0.25, 0.3) is 0 Å². The van der Waals surface area contributed by atoms with E-state index < -0.39 is 24.1 Å². The van der Waals surface area contributed by atoms with Crippen molar-refractivity contribution < 1.29 is 19.1 Å². The van der Waals surface area contributed by atoms with E-state index in [4.69, 9.17) is 9.47 Å². The maximum atomic E-state index is 11.7. The highest BCUT2D eigenvalue weighted by molar-refractivity contribution is 5.87. The minimum Gasteiger partial charge on any atom is -0.447 e. The summed E-state index contributed by atoms with van der Waals surface area (Å²) in [5.74, 6) is -0.790. The molecule has 1 fully saturated rings. The molecule has 4 atom stereocenters. The average molecular weight is 228 g/mol. The van der Waals surface area contributed by atoms with E-state index in [1.807, 2.05) is 27.7 Å². The number of carbonyl (C=O) groups excluding carboxylic acids is 2. The molecule has 4 heteroatoms. The van der Waals surface area contributed by atoms with Crippen molar-refractivity contribution >= 4 is 11.9 Å². The Morgan fingerprint density at radius 3 is 1.50 bits per heavy atom. The van der Waals surface area contributed by atoms with Crippen molar-refractivity contribution in [3.05, 3.63) is 0 Å². The van der Waals surface area contributed by atoms with Crippen LogP contribution in [-0.2, 0) is 19.1 Å². The third kappa shape index (κ3) is 2.54. The Kier molecular flexibility index (Phi) is 4.33. The van der Waals surface area contributed by atoms with E-state index in [-0.39, 0.29) is 11.8 Å². The molecule has 4 unspecified atom stereocenters. The minimum atomic E-state index is -0.724. The Balaban J connectivity index is 2.71. The third-order valence-electron chi connectivity index (χ3n) is 3.27. The van der Waals surface area contributed by atoms with Crippen LogP contribution in [0.4, 0.5) is 0 Å². The summed E-state index contributed by atoms with van der Waals surface area (Å²) < 4.78 is 10.3. The lowest BCUT2D eigenvalue weighted by atomic mass is 9.97. The summed E-state index contributed by atoms with van der Waals surface area (Å²) in [5, 5.41) is 0. The predicted molar refractivity (Wildman–Crippen MR) is 58.7 cm³/mol. The Morgan fingerprint density at radius 1 is 0.938 bits per heavy atom. The maximum Gasteiger partial charge on any atom is 0.348 e. The summed E-state index contributed by atoms with van der Waals surface area (Å²) >= 11 is 0. The fraction of sp³-hybridized carbons (Fsp3) is 0.833. The first-order valence-electron chi connectivity index (χ1n) is 5.92. The Morgan fingerprint density at radius 2 is 1.25 bits per heavy atom. The van der Waals surface area contributed by atoms with Gasteiger partial charge in [0.1, 0.15) is 0 Å². The van der Waals surface area contributed by atoms with Crippen LogP contribution in [0.25, 0.3) is 0 Å². The van der Waals surface area contributed by atoms with Gasteiger partial charge in [-0.3, -0.25) is 0 Å². The van der Waals surface area contributed by atoms with E-state index in [0.717, 1.165) is 12.8 Å². The molecule has 1 aliphatic heterocycles. The summed E-state index contributed by atoms with van der Waals surface area (Å²) in [5.41, 5.74) is 0. The van der Waals surface area contributed by atoms with E-state index in [9.17, 15) is 9.59 Å². The zero-order valence-corrected chi connectivity index (χ0v) is 10.4. The summed E-state index contributed by atoms with van der Waals surface area (Å²) in [6.07, 6.45) is 0.109. The molecule has 0 amide bonds. The molecule has 0 radical (unpaired) electrons. The molecule has 92 valence electrons. The number of hydrogen-bond donors (Lipinski definition) is 0. The number of cyclic esters (lactones) is 2. The second-order valence-electron chi connectivity index (χ2n) is 4.49. The number of esters is 2. The van der Waals surface area contributed by atoms with Crippen LogP contribution in [0.15, 0.2) is 0 Å². The van der Waals surface area contributed by atoms with Crippen LogP contribution in [-0.4, -0.2) is 24.1 Å². The second-order valence-corrected chi connectivity index (χ2v) is 4.49. The average Bonchev–Trinajstić information content (AvgIpc) is 2.29. The van der Waals surface area contributed by atoms with Crippen molar-refractivity contribution in [1.82, 2.24) is 0 Å². The van der Waals surface area contributed by atoms with Crippen LogP contribution >= 0.6 is 0 Å². The van der Waals surface area contributed by atoms with Crippen LogP contribution in [0.3, 0.4) is 0 Å². The molecule has 1 rings (SSSR count). The van der Waals surface area contributed by atoms with Gasteiger partial charge in [0.2, 0.25) is 12.2 Å². The largest absolute Gasteiger partial charge is 0.447 e. The molecule has 0 aromatic heterocycles. The van der Waals surface area contributed by atoms with E-state index in [0.29, 0.717) is 0 Å². The van der Waals surface area contributed by atoms with E-state index in [1.54, 1.807) is 0 Å². The molecule has 0 saturated carbocycles. The van der Waals surface area contributed by atoms with Gasteiger partial charge < -0.3 is 9.47 Å². The van der Waals surface area contributed by atoms with Crippen molar-refractivity contribution in [1.29, 1.82) is 0 Å². The molecule has 1 saturated heterocycles. The molecule has 0 aromatic rings. The highest BCUT2D eigenvalue weighted by Crippen LogP contribution is 2.24. The van der Waals surface area contributed by atoms with Gasteiger partial charge in [0, 0.05) is 11.8 Å². The Labute approximate surface area is 96.3 Å². The first kappa shape index (κ1) is 13.0. The topological polar surface area (TPSA) is 52.6 Å². The first-order chi connectivity index (χ1) is 7.51. The fourth-order valence-corrected chi connectivity index (χ4v) is 1.61. The minimum absolute atomic E-state index is 0.00864. The highest BCUT2D eigenvalue weighted by Gasteiger charge is 2.42. The van der Waals surface area contributed by atoms with Crippen molar-refractivity contribution in [2.75, 3.05) is 0 Å².